The van der Waals surface area contributed by atoms with Crippen LogP contribution in [0, 0.1) is 0 Å². The van der Waals surface area contributed by atoms with Gasteiger partial charge in [0.15, 0.2) is 0 Å². The van der Waals surface area contributed by atoms with Crippen LogP contribution >= 0.6 is 0 Å². The van der Waals surface area contributed by atoms with E-state index in [1.165, 1.54) is 43.4 Å². The molecule has 36 heavy (non-hydrogen) atoms. The van der Waals surface area contributed by atoms with Crippen LogP contribution in [0.4, 0.5) is 5.69 Å². The molecule has 0 amide bonds. The number of hydrogen-bond donors (Lipinski definition) is 1. The van der Waals surface area contributed by atoms with Gasteiger partial charge in [-0.05, 0) is 77.4 Å². The minimum atomic E-state index is 1.00. The van der Waals surface area contributed by atoms with Gasteiger partial charge in [-0.25, -0.2) is 0 Å². The van der Waals surface area contributed by atoms with Crippen LogP contribution in [0.2, 0.25) is 0 Å². The summed E-state index contributed by atoms with van der Waals surface area (Å²) in [6.07, 6.45) is 18.8. The highest BCUT2D eigenvalue weighted by Crippen LogP contribution is 2.42. The van der Waals surface area contributed by atoms with Crippen LogP contribution < -0.4 is 4.90 Å². The second kappa shape index (κ2) is 8.90. The zero-order valence-corrected chi connectivity index (χ0v) is 20.6. The Balaban J connectivity index is 1.67. The summed E-state index contributed by atoms with van der Waals surface area (Å²) >= 11 is 0. The van der Waals surface area contributed by atoms with Crippen LogP contribution in [-0.2, 0) is 0 Å². The molecule has 0 saturated heterocycles. The predicted octanol–water partition coefficient (Wildman–Crippen LogP) is 9.57. The van der Waals surface area contributed by atoms with Gasteiger partial charge >= 0.3 is 0 Å². The Hall–Kier alpha value is -4.56. The summed E-state index contributed by atoms with van der Waals surface area (Å²) in [7, 11) is 0. The summed E-state index contributed by atoms with van der Waals surface area (Å²) < 4.78 is 0. The van der Waals surface area contributed by atoms with Gasteiger partial charge in [-0.2, -0.15) is 0 Å². The first-order valence-corrected chi connectivity index (χ1v) is 12.4. The van der Waals surface area contributed by atoms with Crippen molar-refractivity contribution in [3.8, 4) is 0 Å². The van der Waals surface area contributed by atoms with E-state index in [0.717, 1.165) is 22.5 Å². The molecule has 0 fully saturated rings. The van der Waals surface area contributed by atoms with Gasteiger partial charge in [-0.3, -0.25) is 0 Å². The number of nitrogens with zero attached hydrogens (tertiary/aromatic N) is 1. The van der Waals surface area contributed by atoms with Crippen LogP contribution in [0.3, 0.4) is 0 Å². The van der Waals surface area contributed by atoms with Crippen molar-refractivity contribution in [2.24, 2.45) is 0 Å². The van der Waals surface area contributed by atoms with Crippen LogP contribution in [0.5, 0.6) is 0 Å². The third-order valence-corrected chi connectivity index (χ3v) is 6.94. The summed E-state index contributed by atoms with van der Waals surface area (Å²) in [5.74, 6) is 0. The summed E-state index contributed by atoms with van der Waals surface area (Å²) in [6.45, 7) is 8.56. The lowest BCUT2D eigenvalue weighted by Gasteiger charge is -2.27. The molecule has 6 rings (SSSR count). The normalized spacial score (nSPS) is 16.4. The average Bonchev–Trinajstić information content (AvgIpc) is 3.28. The second-order valence-corrected chi connectivity index (χ2v) is 9.09. The van der Waals surface area contributed by atoms with E-state index in [-0.39, 0.29) is 0 Å². The molecular weight excluding hydrogens is 436 g/mol. The van der Waals surface area contributed by atoms with Crippen molar-refractivity contribution in [2.45, 2.75) is 13.8 Å². The molecule has 4 aromatic carbocycles. The molecule has 5 aromatic rings. The Morgan fingerprint density at radius 2 is 1.56 bits per heavy atom. The number of aromatic nitrogens is 1. The van der Waals surface area contributed by atoms with E-state index in [1.807, 2.05) is 6.92 Å². The van der Waals surface area contributed by atoms with Gasteiger partial charge in [0.1, 0.15) is 0 Å². The average molecular weight is 465 g/mol. The van der Waals surface area contributed by atoms with Gasteiger partial charge in [0, 0.05) is 39.3 Å². The molecule has 2 heteroatoms. The molecule has 174 valence electrons. The van der Waals surface area contributed by atoms with Crippen LogP contribution in [0.25, 0.3) is 48.9 Å². The third kappa shape index (κ3) is 3.42. The minimum absolute atomic E-state index is 1.00. The van der Waals surface area contributed by atoms with Gasteiger partial charge in [0.25, 0.3) is 0 Å². The van der Waals surface area contributed by atoms with Crippen molar-refractivity contribution in [1.29, 1.82) is 0 Å². The van der Waals surface area contributed by atoms with Crippen molar-refractivity contribution in [3.05, 3.63) is 133 Å². The number of nitrogens with one attached hydrogen (secondary N) is 1. The van der Waals surface area contributed by atoms with Crippen LogP contribution in [-0.4, -0.2) is 4.98 Å². The zero-order valence-electron chi connectivity index (χ0n) is 20.6. The van der Waals surface area contributed by atoms with Crippen molar-refractivity contribution >= 4 is 54.6 Å². The first-order chi connectivity index (χ1) is 17.7. The zero-order chi connectivity index (χ0) is 24.6. The molecule has 0 unspecified atom stereocenters. The quantitative estimate of drug-likeness (QED) is 0.208. The fourth-order valence-electron chi connectivity index (χ4n) is 5.38. The maximum absolute atomic E-state index is 4.47. The molecule has 2 nitrogen and oxygen atoms in total. The minimum Gasteiger partial charge on any atom is -0.354 e. The fourth-order valence-corrected chi connectivity index (χ4v) is 5.38. The molecule has 0 bridgehead atoms. The monoisotopic (exact) mass is 464 g/mol. The highest BCUT2D eigenvalue weighted by atomic mass is 15.1. The maximum atomic E-state index is 4.47. The number of H-pyrrole nitrogens is 1. The molecule has 1 N–H and O–H groups in total. The number of para-hydroxylation sites is 1. The van der Waals surface area contributed by atoms with E-state index in [2.05, 4.69) is 139 Å². The molecule has 0 atom stereocenters. The number of anilines is 1. The van der Waals surface area contributed by atoms with Gasteiger partial charge in [0.05, 0.1) is 5.69 Å². The highest BCUT2D eigenvalue weighted by Gasteiger charge is 2.19. The molecular formula is C34H28N2. The topological polar surface area (TPSA) is 19.0 Å². The Labute approximate surface area is 211 Å². The number of rotatable bonds is 3. The van der Waals surface area contributed by atoms with Crippen LogP contribution in [0.15, 0.2) is 128 Å². The Bertz CT molecular complexity index is 1820. The molecule has 1 aromatic heterocycles. The molecule has 2 heterocycles. The molecule has 0 aliphatic carbocycles. The third-order valence-electron chi connectivity index (χ3n) is 6.94. The van der Waals surface area contributed by atoms with Crippen molar-refractivity contribution in [1.82, 2.24) is 4.98 Å². The van der Waals surface area contributed by atoms with E-state index in [1.54, 1.807) is 0 Å². The smallest absolute Gasteiger partial charge is 0.0540 e. The highest BCUT2D eigenvalue weighted by molar-refractivity contribution is 6.25. The van der Waals surface area contributed by atoms with E-state index in [9.17, 15) is 0 Å². The largest absolute Gasteiger partial charge is 0.354 e. The first-order valence-electron chi connectivity index (χ1n) is 12.4. The van der Waals surface area contributed by atoms with Crippen molar-refractivity contribution in [3.63, 3.8) is 0 Å². The summed E-state index contributed by atoms with van der Waals surface area (Å²) in [6, 6.07) is 22.0. The molecule has 0 radical (unpaired) electrons. The number of allylic oxidation sites excluding steroid dienone is 9. The van der Waals surface area contributed by atoms with Gasteiger partial charge in [-0.15, -0.1) is 0 Å². The standard InChI is InChI=1S/C34H28N2/c1-4-6-13-24(11-5-2)36-22-10-9-12-23(3)33-27-16-17-28-25(26(27)19-21-32(33)36)18-20-31-34(28)29-14-7-8-15-30(29)35-31/h4-22,35H,3H2,1-2H3/b6-4-,11-5-,12-9-,22-10-,24-13+. The molecule has 0 spiro atoms. The van der Waals surface area contributed by atoms with Crippen molar-refractivity contribution < 1.29 is 0 Å². The maximum Gasteiger partial charge on any atom is 0.0540 e. The molecule has 1 aliphatic rings. The summed E-state index contributed by atoms with van der Waals surface area (Å²) in [5.41, 5.74) is 6.71. The predicted molar refractivity (Wildman–Crippen MR) is 158 cm³/mol. The number of hydrogen-bond acceptors (Lipinski definition) is 1. The Kier molecular flexibility index (Phi) is 5.42. The summed E-state index contributed by atoms with van der Waals surface area (Å²) in [4.78, 5) is 5.83. The fraction of sp³-hybridized carbons (Fsp3) is 0.0588. The van der Waals surface area contributed by atoms with E-state index in [0.29, 0.717) is 0 Å². The summed E-state index contributed by atoms with van der Waals surface area (Å²) in [5, 5.41) is 7.51. The van der Waals surface area contributed by atoms with E-state index in [4.69, 9.17) is 0 Å². The van der Waals surface area contributed by atoms with Gasteiger partial charge < -0.3 is 9.88 Å². The lowest BCUT2D eigenvalue weighted by atomic mass is 9.91. The van der Waals surface area contributed by atoms with E-state index < -0.39 is 0 Å². The molecule has 0 saturated carbocycles. The first kappa shape index (κ1) is 21.9. The Morgan fingerprint density at radius 1 is 0.778 bits per heavy atom. The Morgan fingerprint density at radius 3 is 2.42 bits per heavy atom. The lowest BCUT2D eigenvalue weighted by Crippen LogP contribution is -2.16. The van der Waals surface area contributed by atoms with Crippen molar-refractivity contribution in [2.75, 3.05) is 4.90 Å². The van der Waals surface area contributed by atoms with Gasteiger partial charge in [0.2, 0.25) is 0 Å². The lowest BCUT2D eigenvalue weighted by molar-refractivity contribution is 1.20. The van der Waals surface area contributed by atoms with Gasteiger partial charge in [-0.1, -0.05) is 79.4 Å². The number of fused-ring (bicyclic) bond motifs is 9. The number of aromatic amines is 1. The second-order valence-electron chi connectivity index (χ2n) is 9.09. The molecule has 1 aliphatic heterocycles. The number of benzene rings is 4. The SMILES string of the molecule is C=C1/C=C\C=C/N(C(/C=C\C)=C/C=C\C)c2ccc3c(ccc4c3ccc3[nH]c5ccccc5c34)c21. The van der Waals surface area contributed by atoms with Crippen LogP contribution in [0.1, 0.15) is 19.4 Å². The van der Waals surface area contributed by atoms with E-state index >= 15 is 0 Å².